The minimum Gasteiger partial charge on any atom is -0.485 e. The molecule has 4 rings (SSSR count). The van der Waals surface area contributed by atoms with Crippen LogP contribution in [0.4, 0.5) is 10.1 Å². The number of anilines is 1. The molecule has 0 saturated heterocycles. The van der Waals surface area contributed by atoms with Crippen LogP contribution in [-0.4, -0.2) is 18.3 Å². The Balaban J connectivity index is 1.58. The van der Waals surface area contributed by atoms with Crippen LogP contribution in [0.15, 0.2) is 65.1 Å². The highest BCUT2D eigenvalue weighted by molar-refractivity contribution is 9.10. The molecular formula is C29H32BrClFNO3. The summed E-state index contributed by atoms with van der Waals surface area (Å²) in [7, 11) is 0. The molecule has 2 atom stereocenters. The van der Waals surface area contributed by atoms with Crippen molar-refractivity contribution in [3.05, 3.63) is 92.7 Å². The van der Waals surface area contributed by atoms with Gasteiger partial charge in [0, 0.05) is 39.5 Å². The maximum Gasteiger partial charge on any atom is 0.132 e. The Morgan fingerprint density at radius 3 is 2.67 bits per heavy atom. The summed E-state index contributed by atoms with van der Waals surface area (Å²) in [5.41, 5.74) is 2.77. The molecule has 0 spiro atoms. The van der Waals surface area contributed by atoms with Gasteiger partial charge >= 0.3 is 0 Å². The van der Waals surface area contributed by atoms with Crippen molar-refractivity contribution in [3.63, 3.8) is 0 Å². The van der Waals surface area contributed by atoms with Gasteiger partial charge in [-0.05, 0) is 68.3 Å². The second-order valence-electron chi connectivity index (χ2n) is 9.55. The molecule has 0 bridgehead atoms. The van der Waals surface area contributed by atoms with Crippen molar-refractivity contribution in [1.29, 1.82) is 0 Å². The van der Waals surface area contributed by atoms with Crippen LogP contribution in [0.5, 0.6) is 5.75 Å². The summed E-state index contributed by atoms with van der Waals surface area (Å²) in [6.45, 7) is 7.46. The van der Waals surface area contributed by atoms with Gasteiger partial charge in [-0.25, -0.2) is 4.39 Å². The van der Waals surface area contributed by atoms with Crippen molar-refractivity contribution in [2.45, 2.75) is 64.6 Å². The number of hydrogen-bond donors (Lipinski definition) is 1. The van der Waals surface area contributed by atoms with E-state index in [1.54, 1.807) is 6.07 Å². The van der Waals surface area contributed by atoms with Crippen LogP contribution in [0.1, 0.15) is 56.4 Å². The molecule has 3 aromatic rings. The molecular weight excluding hydrogens is 545 g/mol. The normalized spacial score (nSPS) is 18.4. The summed E-state index contributed by atoms with van der Waals surface area (Å²) in [4.78, 5) is 0. The Bertz CT molecular complexity index is 1190. The van der Waals surface area contributed by atoms with E-state index in [1.807, 2.05) is 56.3 Å². The molecule has 4 nitrogen and oxygen atoms in total. The SMILES string of the molecule is CCCCOC1c2cc(NCc3cccc(Cl)c3)ccc2OC(C)(C)C1OCc1ccc(Br)cc1F. The fourth-order valence-corrected chi connectivity index (χ4v) is 4.88. The van der Waals surface area contributed by atoms with Crippen LogP contribution in [0.25, 0.3) is 0 Å². The monoisotopic (exact) mass is 575 g/mol. The van der Waals surface area contributed by atoms with Crippen LogP contribution in [-0.2, 0) is 22.6 Å². The molecule has 1 aliphatic rings. The molecule has 0 aliphatic carbocycles. The average molecular weight is 577 g/mol. The van der Waals surface area contributed by atoms with E-state index in [1.165, 1.54) is 6.07 Å². The van der Waals surface area contributed by atoms with Crippen molar-refractivity contribution in [1.82, 2.24) is 0 Å². The van der Waals surface area contributed by atoms with E-state index in [0.717, 1.165) is 35.4 Å². The summed E-state index contributed by atoms with van der Waals surface area (Å²) in [5.74, 6) is 0.458. The van der Waals surface area contributed by atoms with Crippen LogP contribution < -0.4 is 10.1 Å². The molecule has 0 radical (unpaired) electrons. The summed E-state index contributed by atoms with van der Waals surface area (Å²) < 4.78 is 34.3. The molecule has 1 N–H and O–H groups in total. The first-order chi connectivity index (χ1) is 17.3. The third-order valence-corrected chi connectivity index (χ3v) is 6.99. The van der Waals surface area contributed by atoms with Gasteiger partial charge in [-0.1, -0.05) is 59.1 Å². The van der Waals surface area contributed by atoms with Crippen LogP contribution in [0.2, 0.25) is 5.02 Å². The maximum absolute atomic E-state index is 14.5. The van der Waals surface area contributed by atoms with E-state index in [0.29, 0.717) is 28.2 Å². The van der Waals surface area contributed by atoms with Gasteiger partial charge in [0.25, 0.3) is 0 Å². The second-order valence-corrected chi connectivity index (χ2v) is 10.9. The molecule has 2 unspecified atom stereocenters. The topological polar surface area (TPSA) is 39.7 Å². The van der Waals surface area contributed by atoms with Crippen LogP contribution in [0, 0.1) is 5.82 Å². The first-order valence-electron chi connectivity index (χ1n) is 12.2. The van der Waals surface area contributed by atoms with Gasteiger partial charge in [-0.3, -0.25) is 0 Å². The number of fused-ring (bicyclic) bond motifs is 1. The van der Waals surface area contributed by atoms with Gasteiger partial charge in [-0.2, -0.15) is 0 Å². The van der Waals surface area contributed by atoms with Crippen molar-refractivity contribution >= 4 is 33.2 Å². The molecule has 1 aliphatic heterocycles. The highest BCUT2D eigenvalue weighted by Gasteiger charge is 2.45. The van der Waals surface area contributed by atoms with E-state index < -0.39 is 11.7 Å². The highest BCUT2D eigenvalue weighted by atomic mass is 79.9. The third-order valence-electron chi connectivity index (χ3n) is 6.26. The lowest BCUT2D eigenvalue weighted by Gasteiger charge is -2.44. The number of nitrogens with one attached hydrogen (secondary N) is 1. The fourth-order valence-electron chi connectivity index (χ4n) is 4.33. The first-order valence-corrected chi connectivity index (χ1v) is 13.4. The van der Waals surface area contributed by atoms with Gasteiger partial charge in [0.2, 0.25) is 0 Å². The van der Waals surface area contributed by atoms with Crippen molar-refractivity contribution in [3.8, 4) is 5.75 Å². The Hall–Kier alpha value is -2.12. The zero-order valence-corrected chi connectivity index (χ0v) is 23.2. The maximum atomic E-state index is 14.5. The Morgan fingerprint density at radius 1 is 1.08 bits per heavy atom. The molecule has 7 heteroatoms. The van der Waals surface area contributed by atoms with Gasteiger partial charge in [0.15, 0.2) is 0 Å². The molecule has 3 aromatic carbocycles. The molecule has 0 fully saturated rings. The number of ether oxygens (including phenoxy) is 3. The predicted octanol–water partition coefficient (Wildman–Crippen LogP) is 8.47. The largest absolute Gasteiger partial charge is 0.485 e. The summed E-state index contributed by atoms with van der Waals surface area (Å²) in [5, 5.41) is 4.18. The van der Waals surface area contributed by atoms with Gasteiger partial charge < -0.3 is 19.5 Å². The van der Waals surface area contributed by atoms with Gasteiger partial charge in [0.05, 0.1) is 6.61 Å². The van der Waals surface area contributed by atoms with E-state index in [2.05, 4.69) is 34.2 Å². The Kier molecular flexibility index (Phi) is 8.94. The zero-order chi connectivity index (χ0) is 25.7. The highest BCUT2D eigenvalue weighted by Crippen LogP contribution is 2.44. The van der Waals surface area contributed by atoms with Crippen molar-refractivity contribution < 1.29 is 18.6 Å². The van der Waals surface area contributed by atoms with E-state index in [-0.39, 0.29) is 18.5 Å². The molecule has 36 heavy (non-hydrogen) atoms. The third kappa shape index (κ3) is 6.60. The summed E-state index contributed by atoms with van der Waals surface area (Å²) in [6, 6.07) is 18.8. The molecule has 192 valence electrons. The van der Waals surface area contributed by atoms with E-state index >= 15 is 0 Å². The smallest absolute Gasteiger partial charge is 0.132 e. The number of hydrogen-bond acceptors (Lipinski definition) is 4. The van der Waals surface area contributed by atoms with E-state index in [4.69, 9.17) is 25.8 Å². The minimum absolute atomic E-state index is 0.117. The Labute approximate surface area is 226 Å². The van der Waals surface area contributed by atoms with Crippen molar-refractivity contribution in [2.24, 2.45) is 0 Å². The summed E-state index contributed by atoms with van der Waals surface area (Å²) >= 11 is 9.44. The molecule has 1 heterocycles. The predicted molar refractivity (Wildman–Crippen MR) is 146 cm³/mol. The fraction of sp³-hybridized carbons (Fsp3) is 0.379. The number of rotatable bonds is 10. The first kappa shape index (κ1) is 26.9. The van der Waals surface area contributed by atoms with E-state index in [9.17, 15) is 4.39 Å². The van der Waals surface area contributed by atoms with Gasteiger partial charge in [0.1, 0.15) is 29.4 Å². The molecule has 0 amide bonds. The van der Waals surface area contributed by atoms with Crippen molar-refractivity contribution in [2.75, 3.05) is 11.9 Å². The Morgan fingerprint density at radius 2 is 1.92 bits per heavy atom. The average Bonchev–Trinajstić information content (AvgIpc) is 2.83. The quantitative estimate of drug-likeness (QED) is 0.246. The van der Waals surface area contributed by atoms with Gasteiger partial charge in [-0.15, -0.1) is 0 Å². The molecule has 0 aromatic heterocycles. The number of halogens is 3. The molecule has 0 saturated carbocycles. The number of unbranched alkanes of at least 4 members (excludes halogenated alkanes) is 1. The lowest BCUT2D eigenvalue weighted by Crippen LogP contribution is -2.51. The minimum atomic E-state index is -0.675. The summed E-state index contributed by atoms with van der Waals surface area (Å²) in [6.07, 6.45) is 1.17. The number of benzene rings is 3. The lowest BCUT2D eigenvalue weighted by atomic mass is 9.87. The second kappa shape index (κ2) is 12.0. The van der Waals surface area contributed by atoms with Crippen LogP contribution in [0.3, 0.4) is 0 Å². The lowest BCUT2D eigenvalue weighted by molar-refractivity contribution is -0.167. The standard InChI is InChI=1S/C29H32BrClFNO3/c1-4-5-13-34-27-24-16-23(33-17-19-7-6-8-22(31)14-19)11-12-26(24)36-29(2,3)28(27)35-18-20-9-10-21(30)15-25(20)32/h6-12,14-16,27-28,33H,4-5,13,17-18H2,1-3H3. The van der Waals surface area contributed by atoms with Crippen LogP contribution >= 0.6 is 27.5 Å². The zero-order valence-electron chi connectivity index (χ0n) is 20.8.